The maximum absolute atomic E-state index is 12.6. The van der Waals surface area contributed by atoms with Gasteiger partial charge in [0, 0.05) is 37.9 Å². The molecule has 140 valence electrons. The number of piperidine rings is 1. The molecule has 6 nitrogen and oxygen atoms in total. The summed E-state index contributed by atoms with van der Waals surface area (Å²) in [5.41, 5.74) is 2.55. The molecule has 1 amide bonds. The van der Waals surface area contributed by atoms with Crippen molar-refractivity contribution in [2.45, 2.75) is 47.0 Å². The van der Waals surface area contributed by atoms with Gasteiger partial charge in [-0.2, -0.15) is 0 Å². The lowest BCUT2D eigenvalue weighted by molar-refractivity contribution is -0.141. The predicted molar refractivity (Wildman–Crippen MR) is 101 cm³/mol. The highest BCUT2D eigenvalue weighted by molar-refractivity contribution is 5.81. The molecule has 1 atom stereocenters. The van der Waals surface area contributed by atoms with E-state index in [9.17, 15) is 4.79 Å². The summed E-state index contributed by atoms with van der Waals surface area (Å²) in [7, 11) is 2.00. The summed E-state index contributed by atoms with van der Waals surface area (Å²) in [5, 5.41) is 0. The Morgan fingerprint density at radius 2 is 1.96 bits per heavy atom. The van der Waals surface area contributed by atoms with Crippen molar-refractivity contribution in [1.29, 1.82) is 0 Å². The van der Waals surface area contributed by atoms with Crippen LogP contribution in [0.25, 0.3) is 11.4 Å². The van der Waals surface area contributed by atoms with Crippen LogP contribution in [0.3, 0.4) is 0 Å². The Hall–Kier alpha value is -2.24. The zero-order valence-electron chi connectivity index (χ0n) is 16.5. The standard InChI is InChI=1S/C20H29N5O/c1-14-23-12-17(24(14)5)18-16(21-8-9-22-18)11-15-7-6-10-25(13-15)19(26)20(2,3)4/h8-9,12,15H,6-7,10-11,13H2,1-5H3. The summed E-state index contributed by atoms with van der Waals surface area (Å²) in [6.07, 6.45) is 8.35. The Balaban J connectivity index is 1.79. The highest BCUT2D eigenvalue weighted by Crippen LogP contribution is 2.28. The second-order valence-corrected chi connectivity index (χ2v) is 8.31. The van der Waals surface area contributed by atoms with Gasteiger partial charge in [-0.3, -0.25) is 14.8 Å². The minimum absolute atomic E-state index is 0.240. The van der Waals surface area contributed by atoms with Crippen molar-refractivity contribution in [1.82, 2.24) is 24.4 Å². The molecule has 0 spiro atoms. The number of nitrogens with zero attached hydrogens (tertiary/aromatic N) is 5. The Morgan fingerprint density at radius 1 is 1.23 bits per heavy atom. The molecule has 1 aliphatic heterocycles. The summed E-state index contributed by atoms with van der Waals surface area (Å²) >= 11 is 0. The molecular weight excluding hydrogens is 326 g/mol. The highest BCUT2D eigenvalue weighted by Gasteiger charge is 2.31. The summed E-state index contributed by atoms with van der Waals surface area (Å²) in [4.78, 5) is 28.2. The molecule has 0 bridgehead atoms. The minimum atomic E-state index is -0.328. The smallest absolute Gasteiger partial charge is 0.227 e. The number of aromatic nitrogens is 4. The van der Waals surface area contributed by atoms with Gasteiger partial charge in [-0.05, 0) is 32.1 Å². The lowest BCUT2D eigenvalue weighted by Gasteiger charge is -2.36. The first-order valence-corrected chi connectivity index (χ1v) is 9.35. The van der Waals surface area contributed by atoms with Gasteiger partial charge in [0.05, 0.1) is 17.6 Å². The average Bonchev–Trinajstić information content (AvgIpc) is 2.93. The van der Waals surface area contributed by atoms with Crippen LogP contribution in [0.15, 0.2) is 18.6 Å². The molecule has 2 aromatic rings. The van der Waals surface area contributed by atoms with Gasteiger partial charge in [-0.1, -0.05) is 20.8 Å². The Labute approximate surface area is 155 Å². The number of imidazole rings is 1. The fourth-order valence-corrected chi connectivity index (χ4v) is 3.62. The van der Waals surface area contributed by atoms with Gasteiger partial charge in [0.1, 0.15) is 11.5 Å². The van der Waals surface area contributed by atoms with E-state index in [0.717, 1.165) is 55.3 Å². The van der Waals surface area contributed by atoms with Gasteiger partial charge in [0.15, 0.2) is 0 Å². The molecule has 3 rings (SSSR count). The molecule has 1 aliphatic rings. The van der Waals surface area contributed by atoms with Crippen LogP contribution in [0, 0.1) is 18.3 Å². The Kier molecular flexibility index (Phi) is 5.12. The monoisotopic (exact) mass is 355 g/mol. The van der Waals surface area contributed by atoms with Gasteiger partial charge >= 0.3 is 0 Å². The number of rotatable bonds is 3. The first-order chi connectivity index (χ1) is 12.3. The van der Waals surface area contributed by atoms with Crippen LogP contribution < -0.4 is 0 Å². The second kappa shape index (κ2) is 7.17. The topological polar surface area (TPSA) is 63.9 Å². The predicted octanol–water partition coefficient (Wildman–Crippen LogP) is 3.01. The van der Waals surface area contributed by atoms with Crippen molar-refractivity contribution in [2.24, 2.45) is 18.4 Å². The molecule has 6 heteroatoms. The van der Waals surface area contributed by atoms with Crippen LogP contribution >= 0.6 is 0 Å². The van der Waals surface area contributed by atoms with Crippen LogP contribution in [0.2, 0.25) is 0 Å². The normalized spacial score (nSPS) is 18.2. The molecule has 0 radical (unpaired) electrons. The fraction of sp³-hybridized carbons (Fsp3) is 0.600. The number of hydrogen-bond donors (Lipinski definition) is 0. The molecule has 26 heavy (non-hydrogen) atoms. The maximum Gasteiger partial charge on any atom is 0.227 e. The Morgan fingerprint density at radius 3 is 2.62 bits per heavy atom. The molecule has 2 aromatic heterocycles. The van der Waals surface area contributed by atoms with Crippen molar-refractivity contribution < 1.29 is 4.79 Å². The van der Waals surface area contributed by atoms with Crippen LogP contribution in [-0.2, 0) is 18.3 Å². The van der Waals surface area contributed by atoms with E-state index in [1.54, 1.807) is 12.4 Å². The van der Waals surface area contributed by atoms with E-state index in [-0.39, 0.29) is 11.3 Å². The third-order valence-electron chi connectivity index (χ3n) is 5.17. The zero-order valence-corrected chi connectivity index (χ0v) is 16.5. The first kappa shape index (κ1) is 18.5. The number of carbonyl (C=O) groups excluding carboxylic acids is 1. The van der Waals surface area contributed by atoms with Crippen molar-refractivity contribution in [3.05, 3.63) is 30.1 Å². The third-order valence-corrected chi connectivity index (χ3v) is 5.17. The Bertz CT molecular complexity index is 790. The highest BCUT2D eigenvalue weighted by atomic mass is 16.2. The lowest BCUT2D eigenvalue weighted by Crippen LogP contribution is -2.45. The van der Waals surface area contributed by atoms with Gasteiger partial charge < -0.3 is 9.47 Å². The van der Waals surface area contributed by atoms with Crippen molar-refractivity contribution in [3.8, 4) is 11.4 Å². The number of hydrogen-bond acceptors (Lipinski definition) is 4. The molecule has 0 saturated carbocycles. The van der Waals surface area contributed by atoms with E-state index in [2.05, 4.69) is 15.0 Å². The molecule has 1 fully saturated rings. The maximum atomic E-state index is 12.6. The third kappa shape index (κ3) is 3.79. The van der Waals surface area contributed by atoms with Crippen LogP contribution in [0.1, 0.15) is 45.1 Å². The van der Waals surface area contributed by atoms with Crippen molar-refractivity contribution in [2.75, 3.05) is 13.1 Å². The van der Waals surface area contributed by atoms with Crippen LogP contribution in [0.5, 0.6) is 0 Å². The molecular formula is C20H29N5O. The SMILES string of the molecule is Cc1ncc(-c2nccnc2CC2CCCN(C(=O)C(C)(C)C)C2)n1C. The molecule has 3 heterocycles. The quantitative estimate of drug-likeness (QED) is 0.849. The van der Waals surface area contributed by atoms with E-state index in [0.29, 0.717) is 5.92 Å². The van der Waals surface area contributed by atoms with Crippen LogP contribution in [-0.4, -0.2) is 43.4 Å². The van der Waals surface area contributed by atoms with E-state index >= 15 is 0 Å². The molecule has 1 saturated heterocycles. The van der Waals surface area contributed by atoms with Gasteiger partial charge in [-0.25, -0.2) is 4.98 Å². The fourth-order valence-electron chi connectivity index (χ4n) is 3.62. The van der Waals surface area contributed by atoms with E-state index in [1.165, 1.54) is 0 Å². The largest absolute Gasteiger partial charge is 0.342 e. The molecule has 0 aromatic carbocycles. The van der Waals surface area contributed by atoms with Gasteiger partial charge in [0.25, 0.3) is 0 Å². The first-order valence-electron chi connectivity index (χ1n) is 9.35. The average molecular weight is 355 g/mol. The second-order valence-electron chi connectivity index (χ2n) is 8.31. The number of amides is 1. The van der Waals surface area contributed by atoms with E-state index in [1.807, 2.05) is 50.4 Å². The number of aryl methyl sites for hydroxylation is 1. The summed E-state index contributed by atoms with van der Waals surface area (Å²) in [5.74, 6) is 1.61. The minimum Gasteiger partial charge on any atom is -0.342 e. The number of carbonyl (C=O) groups is 1. The summed E-state index contributed by atoms with van der Waals surface area (Å²) in [6, 6.07) is 0. The van der Waals surface area contributed by atoms with Crippen LogP contribution in [0.4, 0.5) is 0 Å². The molecule has 0 aliphatic carbocycles. The molecule has 1 unspecified atom stereocenters. The van der Waals surface area contributed by atoms with Gasteiger partial charge in [-0.15, -0.1) is 0 Å². The summed E-state index contributed by atoms with van der Waals surface area (Å²) in [6.45, 7) is 9.62. The summed E-state index contributed by atoms with van der Waals surface area (Å²) < 4.78 is 2.05. The lowest BCUT2D eigenvalue weighted by atomic mass is 9.89. The van der Waals surface area contributed by atoms with E-state index in [4.69, 9.17) is 0 Å². The van der Waals surface area contributed by atoms with Crippen molar-refractivity contribution in [3.63, 3.8) is 0 Å². The molecule has 0 N–H and O–H groups in total. The van der Waals surface area contributed by atoms with E-state index < -0.39 is 0 Å². The van der Waals surface area contributed by atoms with Crippen molar-refractivity contribution >= 4 is 5.91 Å². The zero-order chi connectivity index (χ0) is 18.9. The van der Waals surface area contributed by atoms with Gasteiger partial charge in [0.2, 0.25) is 5.91 Å². The number of likely N-dealkylation sites (tertiary alicyclic amines) is 1.